The highest BCUT2D eigenvalue weighted by atomic mass is 16.5. The number of rotatable bonds is 6. The van der Waals surface area contributed by atoms with E-state index in [2.05, 4.69) is 21.3 Å². The quantitative estimate of drug-likeness (QED) is 0.491. The van der Waals surface area contributed by atoms with Crippen molar-refractivity contribution in [2.45, 2.75) is 38.0 Å². The third-order valence-electron chi connectivity index (χ3n) is 5.11. The molecular formula is C20H26N4O5. The lowest BCUT2D eigenvalue weighted by Crippen LogP contribution is -2.62. The van der Waals surface area contributed by atoms with Gasteiger partial charge in [-0.1, -0.05) is 30.3 Å². The lowest BCUT2D eigenvalue weighted by atomic mass is 9.92. The molecule has 29 heavy (non-hydrogen) atoms. The summed E-state index contributed by atoms with van der Waals surface area (Å²) in [4.78, 5) is 49.1. The maximum absolute atomic E-state index is 12.8. The molecule has 2 unspecified atom stereocenters. The zero-order valence-corrected chi connectivity index (χ0v) is 16.1. The van der Waals surface area contributed by atoms with E-state index >= 15 is 0 Å². The van der Waals surface area contributed by atoms with Crippen molar-refractivity contribution in [3.63, 3.8) is 0 Å². The summed E-state index contributed by atoms with van der Waals surface area (Å²) in [6.45, 7) is 1.67. The van der Waals surface area contributed by atoms with Gasteiger partial charge in [0.15, 0.2) is 0 Å². The second-order valence-corrected chi connectivity index (χ2v) is 7.28. The maximum atomic E-state index is 12.8. The molecule has 0 aliphatic carbocycles. The maximum Gasteiger partial charge on any atom is 0.408 e. The van der Waals surface area contributed by atoms with Crippen LogP contribution in [-0.4, -0.2) is 55.4 Å². The lowest BCUT2D eigenvalue weighted by Gasteiger charge is -2.34. The molecule has 0 radical (unpaired) electrons. The minimum absolute atomic E-state index is 0.0885. The van der Waals surface area contributed by atoms with Gasteiger partial charge >= 0.3 is 6.09 Å². The van der Waals surface area contributed by atoms with Gasteiger partial charge in [0, 0.05) is 25.6 Å². The number of ether oxygens (including phenoxy) is 1. The Morgan fingerprint density at radius 1 is 1.14 bits per heavy atom. The van der Waals surface area contributed by atoms with E-state index in [0.29, 0.717) is 32.5 Å². The summed E-state index contributed by atoms with van der Waals surface area (Å²) in [5.74, 6) is -1.95. The van der Waals surface area contributed by atoms with Crippen molar-refractivity contribution in [1.82, 2.24) is 21.3 Å². The molecule has 0 saturated carbocycles. The molecule has 156 valence electrons. The van der Waals surface area contributed by atoms with Crippen molar-refractivity contribution < 1.29 is 23.9 Å². The first-order chi connectivity index (χ1) is 14.0. The second-order valence-electron chi connectivity index (χ2n) is 7.28. The van der Waals surface area contributed by atoms with Crippen LogP contribution in [0.3, 0.4) is 0 Å². The molecule has 9 nitrogen and oxygen atoms in total. The van der Waals surface area contributed by atoms with Crippen LogP contribution in [0.2, 0.25) is 0 Å². The Balaban J connectivity index is 1.58. The van der Waals surface area contributed by atoms with Gasteiger partial charge in [0.05, 0.1) is 6.04 Å². The molecule has 2 heterocycles. The first-order valence-electron chi connectivity index (χ1n) is 9.85. The fraction of sp³-hybridized carbons (Fsp3) is 0.500. The van der Waals surface area contributed by atoms with Gasteiger partial charge in [-0.05, 0) is 24.8 Å². The van der Waals surface area contributed by atoms with Crippen LogP contribution < -0.4 is 21.3 Å². The fourth-order valence-electron chi connectivity index (χ4n) is 3.29. The van der Waals surface area contributed by atoms with E-state index in [4.69, 9.17) is 4.74 Å². The predicted octanol–water partition coefficient (Wildman–Crippen LogP) is -0.145. The normalized spacial score (nSPS) is 21.0. The van der Waals surface area contributed by atoms with Gasteiger partial charge in [0.25, 0.3) is 5.91 Å². The first-order valence-corrected chi connectivity index (χ1v) is 9.85. The Hall–Kier alpha value is -2.94. The van der Waals surface area contributed by atoms with Crippen molar-refractivity contribution in [3.05, 3.63) is 35.9 Å². The van der Waals surface area contributed by atoms with Crippen LogP contribution in [0.4, 0.5) is 4.79 Å². The number of Topliss-reactive ketones (excluding diaryl/α,β-unsaturated/α-hetero) is 1. The average molecular weight is 402 g/mol. The minimum atomic E-state index is -0.888. The summed E-state index contributed by atoms with van der Waals surface area (Å²) < 4.78 is 5.21. The van der Waals surface area contributed by atoms with Crippen molar-refractivity contribution in [2.75, 3.05) is 19.6 Å². The Morgan fingerprint density at radius 3 is 2.59 bits per heavy atom. The molecule has 2 fully saturated rings. The van der Waals surface area contributed by atoms with Crippen LogP contribution in [0.15, 0.2) is 30.3 Å². The van der Waals surface area contributed by atoms with Crippen molar-refractivity contribution in [3.8, 4) is 0 Å². The van der Waals surface area contributed by atoms with E-state index in [1.54, 1.807) is 0 Å². The summed E-state index contributed by atoms with van der Waals surface area (Å²) in [6.07, 6.45) is 1.14. The van der Waals surface area contributed by atoms with Gasteiger partial charge in [0.1, 0.15) is 12.6 Å². The molecule has 0 aromatic heterocycles. The first kappa shape index (κ1) is 20.8. The molecule has 1 aromatic rings. The topological polar surface area (TPSA) is 126 Å². The summed E-state index contributed by atoms with van der Waals surface area (Å²) in [5, 5.41) is 10.9. The Morgan fingerprint density at radius 2 is 1.90 bits per heavy atom. The number of carbonyl (C=O) groups is 4. The summed E-state index contributed by atoms with van der Waals surface area (Å²) >= 11 is 0. The average Bonchev–Trinajstić information content (AvgIpc) is 2.68. The van der Waals surface area contributed by atoms with Gasteiger partial charge < -0.3 is 26.0 Å². The van der Waals surface area contributed by atoms with E-state index in [9.17, 15) is 19.2 Å². The van der Waals surface area contributed by atoms with E-state index in [1.165, 1.54) is 0 Å². The van der Waals surface area contributed by atoms with Gasteiger partial charge in [-0.15, -0.1) is 0 Å². The molecule has 4 N–H and O–H groups in total. The summed E-state index contributed by atoms with van der Waals surface area (Å²) in [6, 6.07) is 7.48. The Bertz CT molecular complexity index is 750. The molecule has 0 bridgehead atoms. The summed E-state index contributed by atoms with van der Waals surface area (Å²) in [7, 11) is 0. The van der Waals surface area contributed by atoms with Crippen LogP contribution >= 0.6 is 0 Å². The number of ketones is 1. The lowest BCUT2D eigenvalue weighted by molar-refractivity contribution is -0.140. The zero-order valence-electron chi connectivity index (χ0n) is 16.1. The largest absolute Gasteiger partial charge is 0.445 e. The highest BCUT2D eigenvalue weighted by molar-refractivity contribution is 6.38. The van der Waals surface area contributed by atoms with Crippen LogP contribution in [0.1, 0.15) is 24.8 Å². The van der Waals surface area contributed by atoms with Crippen LogP contribution in [0, 0.1) is 5.92 Å². The molecular weight excluding hydrogens is 376 g/mol. The van der Waals surface area contributed by atoms with E-state index < -0.39 is 35.8 Å². The van der Waals surface area contributed by atoms with Gasteiger partial charge in [-0.3, -0.25) is 14.4 Å². The molecule has 2 saturated heterocycles. The van der Waals surface area contributed by atoms with Crippen molar-refractivity contribution in [1.29, 1.82) is 0 Å². The second kappa shape index (κ2) is 10.0. The van der Waals surface area contributed by atoms with E-state index in [-0.39, 0.29) is 12.5 Å². The number of benzene rings is 1. The van der Waals surface area contributed by atoms with Gasteiger partial charge in [-0.2, -0.15) is 0 Å². The fourth-order valence-corrected chi connectivity index (χ4v) is 3.29. The molecule has 2 aliphatic rings. The van der Waals surface area contributed by atoms with Crippen LogP contribution in [0.25, 0.3) is 0 Å². The van der Waals surface area contributed by atoms with Crippen LogP contribution in [-0.2, 0) is 25.7 Å². The van der Waals surface area contributed by atoms with E-state index in [1.807, 2.05) is 30.3 Å². The Kier molecular flexibility index (Phi) is 7.18. The van der Waals surface area contributed by atoms with E-state index in [0.717, 1.165) is 12.0 Å². The highest BCUT2D eigenvalue weighted by Crippen LogP contribution is 2.12. The molecule has 3 amide bonds. The van der Waals surface area contributed by atoms with Gasteiger partial charge in [0.2, 0.25) is 11.7 Å². The molecule has 2 aliphatic heterocycles. The Labute approximate surface area is 168 Å². The molecule has 1 aromatic carbocycles. The van der Waals surface area contributed by atoms with Gasteiger partial charge in [-0.25, -0.2) is 4.79 Å². The predicted molar refractivity (Wildman–Crippen MR) is 104 cm³/mol. The number of nitrogens with one attached hydrogen (secondary N) is 4. The van der Waals surface area contributed by atoms with Crippen molar-refractivity contribution >= 4 is 23.7 Å². The number of hydrogen-bond donors (Lipinski definition) is 4. The molecule has 3 rings (SSSR count). The molecule has 0 spiro atoms. The van der Waals surface area contributed by atoms with Crippen molar-refractivity contribution in [2.24, 2.45) is 5.92 Å². The highest BCUT2D eigenvalue weighted by Gasteiger charge is 2.37. The monoisotopic (exact) mass is 402 g/mol. The summed E-state index contributed by atoms with van der Waals surface area (Å²) in [5.41, 5.74) is 0.833. The minimum Gasteiger partial charge on any atom is -0.445 e. The number of carbonyl (C=O) groups excluding carboxylic acids is 4. The number of amides is 3. The molecule has 9 heteroatoms. The number of alkyl carbamates (subject to hydrolysis) is 1. The zero-order chi connectivity index (χ0) is 20.6. The standard InChI is InChI=1S/C20H26N4O5/c25-17-15(8-4-5-9-22-19(17)27)23-18(26)16(14-10-21-11-14)24-20(28)29-12-13-6-2-1-3-7-13/h1-3,6-7,14-16,21H,4-5,8-12H2,(H,22,27)(H,23,26)(H,24,28). The smallest absolute Gasteiger partial charge is 0.408 e. The van der Waals surface area contributed by atoms with Crippen LogP contribution in [0.5, 0.6) is 0 Å². The molecule has 2 atom stereocenters. The third-order valence-corrected chi connectivity index (χ3v) is 5.11. The third kappa shape index (κ3) is 5.77. The number of hydrogen-bond acceptors (Lipinski definition) is 6. The SMILES string of the molecule is O=C(NC(C(=O)NC1CCCCNC(=O)C1=O)C1CNC1)OCc1ccccc1.